The number of nitrogens with two attached hydrogens (primary N) is 1. The van der Waals surface area contributed by atoms with Gasteiger partial charge >= 0.3 is 0 Å². The molecule has 0 fully saturated rings. The zero-order valence-corrected chi connectivity index (χ0v) is 8.44. The minimum Gasteiger partial charge on any atom is -0.494 e. The molecule has 3 heteroatoms. The number of benzene rings is 1. The van der Waals surface area contributed by atoms with Crippen molar-refractivity contribution in [2.45, 2.75) is 19.4 Å². The fourth-order valence-corrected chi connectivity index (χ4v) is 1.17. The molecule has 0 bridgehead atoms. The van der Waals surface area contributed by atoms with Gasteiger partial charge in [-0.2, -0.15) is 0 Å². The van der Waals surface area contributed by atoms with E-state index in [-0.39, 0.29) is 6.54 Å². The van der Waals surface area contributed by atoms with E-state index in [0.29, 0.717) is 6.61 Å². The zero-order valence-electron chi connectivity index (χ0n) is 8.44. The highest BCUT2D eigenvalue weighted by Gasteiger charge is 2.05. The van der Waals surface area contributed by atoms with E-state index in [4.69, 9.17) is 10.5 Å². The van der Waals surface area contributed by atoms with Gasteiger partial charge in [0.25, 0.3) is 0 Å². The zero-order chi connectivity index (χ0) is 10.4. The van der Waals surface area contributed by atoms with E-state index < -0.39 is 6.10 Å². The van der Waals surface area contributed by atoms with Crippen molar-refractivity contribution >= 4 is 0 Å². The first kappa shape index (κ1) is 11.0. The Bertz CT molecular complexity index is 276. The molecule has 3 N–H and O–H groups in total. The van der Waals surface area contributed by atoms with Crippen LogP contribution in [0.15, 0.2) is 24.3 Å². The Kier molecular flexibility index (Phi) is 4.43. The number of hydrogen-bond acceptors (Lipinski definition) is 3. The average molecular weight is 195 g/mol. The Morgan fingerprint density at radius 2 is 2.29 bits per heavy atom. The molecule has 78 valence electrons. The summed E-state index contributed by atoms with van der Waals surface area (Å²) in [6.45, 7) is 2.98. The number of hydrogen-bond donors (Lipinski definition) is 2. The number of rotatable bonds is 5. The molecule has 1 aromatic rings. The van der Waals surface area contributed by atoms with Crippen molar-refractivity contribution < 1.29 is 9.84 Å². The molecule has 0 amide bonds. The molecular weight excluding hydrogens is 178 g/mol. The minimum absolute atomic E-state index is 0.233. The fourth-order valence-electron chi connectivity index (χ4n) is 1.17. The molecule has 3 nitrogen and oxygen atoms in total. The molecule has 1 atom stereocenters. The van der Waals surface area contributed by atoms with Gasteiger partial charge in [-0.05, 0) is 24.1 Å². The van der Waals surface area contributed by atoms with Crippen LogP contribution in [0.1, 0.15) is 25.0 Å². The van der Waals surface area contributed by atoms with Gasteiger partial charge in [-0.1, -0.05) is 19.1 Å². The van der Waals surface area contributed by atoms with Gasteiger partial charge in [0.05, 0.1) is 12.7 Å². The summed E-state index contributed by atoms with van der Waals surface area (Å²) in [5, 5.41) is 9.50. The Morgan fingerprint density at radius 1 is 1.50 bits per heavy atom. The Morgan fingerprint density at radius 3 is 2.93 bits per heavy atom. The van der Waals surface area contributed by atoms with E-state index in [0.717, 1.165) is 17.7 Å². The summed E-state index contributed by atoms with van der Waals surface area (Å²) in [5.74, 6) is 0.789. The topological polar surface area (TPSA) is 55.5 Å². The molecule has 0 aliphatic rings. The summed E-state index contributed by atoms with van der Waals surface area (Å²) in [5.41, 5.74) is 6.17. The normalized spacial score (nSPS) is 12.5. The lowest BCUT2D eigenvalue weighted by atomic mass is 10.1. The van der Waals surface area contributed by atoms with E-state index in [1.807, 2.05) is 24.3 Å². The highest BCUT2D eigenvalue weighted by Crippen LogP contribution is 2.18. The van der Waals surface area contributed by atoms with Gasteiger partial charge < -0.3 is 15.6 Å². The van der Waals surface area contributed by atoms with Crippen molar-refractivity contribution in [2.24, 2.45) is 5.73 Å². The van der Waals surface area contributed by atoms with Crippen molar-refractivity contribution in [1.29, 1.82) is 0 Å². The fraction of sp³-hybridized carbons (Fsp3) is 0.455. The van der Waals surface area contributed by atoms with E-state index in [1.165, 1.54) is 0 Å². The first-order valence-corrected chi connectivity index (χ1v) is 4.88. The molecule has 0 aliphatic carbocycles. The van der Waals surface area contributed by atoms with Gasteiger partial charge in [-0.3, -0.25) is 0 Å². The second kappa shape index (κ2) is 5.62. The van der Waals surface area contributed by atoms with Crippen molar-refractivity contribution in [3.05, 3.63) is 29.8 Å². The highest BCUT2D eigenvalue weighted by molar-refractivity contribution is 5.29. The highest BCUT2D eigenvalue weighted by atomic mass is 16.5. The van der Waals surface area contributed by atoms with Gasteiger partial charge in [0.2, 0.25) is 0 Å². The van der Waals surface area contributed by atoms with E-state index >= 15 is 0 Å². The van der Waals surface area contributed by atoms with Crippen LogP contribution < -0.4 is 10.5 Å². The van der Waals surface area contributed by atoms with Gasteiger partial charge in [-0.25, -0.2) is 0 Å². The van der Waals surface area contributed by atoms with Crippen LogP contribution in [0, 0.1) is 0 Å². The first-order chi connectivity index (χ1) is 6.77. The van der Waals surface area contributed by atoms with Crippen molar-refractivity contribution in [3.8, 4) is 5.75 Å². The summed E-state index contributed by atoms with van der Waals surface area (Å²) < 4.78 is 5.44. The van der Waals surface area contributed by atoms with Crippen LogP contribution in [0.2, 0.25) is 0 Å². The number of ether oxygens (including phenoxy) is 1. The smallest absolute Gasteiger partial charge is 0.119 e. The van der Waals surface area contributed by atoms with Crippen molar-refractivity contribution in [1.82, 2.24) is 0 Å². The largest absolute Gasteiger partial charge is 0.494 e. The lowest BCUT2D eigenvalue weighted by molar-refractivity contribution is 0.186. The lowest BCUT2D eigenvalue weighted by Gasteiger charge is -2.10. The minimum atomic E-state index is -0.597. The van der Waals surface area contributed by atoms with Gasteiger partial charge in [0, 0.05) is 6.54 Å². The van der Waals surface area contributed by atoms with E-state index in [1.54, 1.807) is 0 Å². The SMILES string of the molecule is CCCOc1cccc([C@@H](O)CN)c1. The molecule has 0 heterocycles. The summed E-state index contributed by atoms with van der Waals surface area (Å²) in [4.78, 5) is 0. The molecule has 0 spiro atoms. The summed E-state index contributed by atoms with van der Waals surface area (Å²) >= 11 is 0. The maximum atomic E-state index is 9.50. The molecule has 1 rings (SSSR count). The molecule has 0 saturated heterocycles. The van der Waals surface area contributed by atoms with Crippen LogP contribution in [0.5, 0.6) is 5.75 Å². The molecule has 0 radical (unpaired) electrons. The Hall–Kier alpha value is -1.06. The molecule has 0 aliphatic heterocycles. The summed E-state index contributed by atoms with van der Waals surface area (Å²) in [6.07, 6.45) is 0.379. The predicted molar refractivity (Wildman–Crippen MR) is 56.2 cm³/mol. The second-order valence-corrected chi connectivity index (χ2v) is 3.17. The van der Waals surface area contributed by atoms with Crippen LogP contribution in [-0.4, -0.2) is 18.3 Å². The van der Waals surface area contributed by atoms with Crippen LogP contribution in [-0.2, 0) is 0 Å². The molecule has 0 saturated carbocycles. The van der Waals surface area contributed by atoms with Crippen LogP contribution in [0.4, 0.5) is 0 Å². The van der Waals surface area contributed by atoms with Gasteiger partial charge in [0.15, 0.2) is 0 Å². The molecule has 0 aromatic heterocycles. The monoisotopic (exact) mass is 195 g/mol. The van der Waals surface area contributed by atoms with Gasteiger partial charge in [0.1, 0.15) is 5.75 Å². The lowest BCUT2D eigenvalue weighted by Crippen LogP contribution is -2.11. The van der Waals surface area contributed by atoms with Gasteiger partial charge in [-0.15, -0.1) is 0 Å². The molecule has 0 unspecified atom stereocenters. The van der Waals surface area contributed by atoms with Crippen molar-refractivity contribution in [3.63, 3.8) is 0 Å². The predicted octanol–water partition coefficient (Wildman–Crippen LogP) is 1.47. The van der Waals surface area contributed by atoms with Crippen LogP contribution in [0.3, 0.4) is 0 Å². The molecule has 14 heavy (non-hydrogen) atoms. The van der Waals surface area contributed by atoms with Crippen LogP contribution >= 0.6 is 0 Å². The maximum absolute atomic E-state index is 9.50. The molecular formula is C11H17NO2. The standard InChI is InChI=1S/C11H17NO2/c1-2-6-14-10-5-3-4-9(7-10)11(13)8-12/h3-5,7,11,13H,2,6,8,12H2,1H3/t11-/m0/s1. The Balaban J connectivity index is 2.68. The second-order valence-electron chi connectivity index (χ2n) is 3.17. The maximum Gasteiger partial charge on any atom is 0.119 e. The van der Waals surface area contributed by atoms with E-state index in [9.17, 15) is 5.11 Å². The quantitative estimate of drug-likeness (QED) is 0.748. The summed E-state index contributed by atoms with van der Waals surface area (Å²) in [7, 11) is 0. The Labute approximate surface area is 84.5 Å². The third-order valence-electron chi connectivity index (χ3n) is 1.94. The van der Waals surface area contributed by atoms with Crippen molar-refractivity contribution in [2.75, 3.05) is 13.2 Å². The van der Waals surface area contributed by atoms with Crippen LogP contribution in [0.25, 0.3) is 0 Å². The third-order valence-corrected chi connectivity index (χ3v) is 1.94. The van der Waals surface area contributed by atoms with E-state index in [2.05, 4.69) is 6.92 Å². The average Bonchev–Trinajstić information content (AvgIpc) is 2.25. The third kappa shape index (κ3) is 3.01. The number of aliphatic hydroxyl groups is 1. The molecule has 1 aromatic carbocycles. The number of aliphatic hydroxyl groups excluding tert-OH is 1. The first-order valence-electron chi connectivity index (χ1n) is 4.88. The summed E-state index contributed by atoms with van der Waals surface area (Å²) in [6, 6.07) is 7.41.